The summed E-state index contributed by atoms with van der Waals surface area (Å²) in [5.74, 6) is -1.19. The van der Waals surface area contributed by atoms with Gasteiger partial charge in [-0.05, 0) is 19.8 Å². The van der Waals surface area contributed by atoms with Gasteiger partial charge in [0.05, 0.1) is 0 Å². The van der Waals surface area contributed by atoms with Crippen LogP contribution in [0.1, 0.15) is 32.6 Å². The summed E-state index contributed by atoms with van der Waals surface area (Å²) >= 11 is 0. The van der Waals surface area contributed by atoms with Crippen LogP contribution in [0.2, 0.25) is 12.1 Å². The first-order valence-electron chi connectivity index (χ1n) is 5.85. The van der Waals surface area contributed by atoms with Crippen LogP contribution in [0.5, 0.6) is 0 Å². The number of Topliss-reactive ketones (excluding diaryl/α,β-unsaturated/α-hetero) is 1. The maximum Gasteiger partial charge on any atom is 0.488 e. The normalized spacial score (nSPS) is 12.5. The van der Waals surface area contributed by atoms with E-state index in [4.69, 9.17) is 5.11 Å². The molecule has 0 rings (SSSR count). The molecule has 0 atom stereocenters. The lowest BCUT2D eigenvalue weighted by atomic mass is 10.3. The van der Waals surface area contributed by atoms with E-state index in [1.54, 1.807) is 0 Å². The predicted molar refractivity (Wildman–Crippen MR) is 67.9 cm³/mol. The molecule has 112 valence electrons. The Bertz CT molecular complexity index is 287. The number of aliphatic carboxylic acids is 1. The number of carbonyl (C=O) groups excluding carboxylic acids is 1. The van der Waals surface area contributed by atoms with Crippen molar-refractivity contribution < 1.29 is 38.0 Å². The van der Waals surface area contributed by atoms with Crippen molar-refractivity contribution in [2.45, 2.75) is 44.7 Å². The van der Waals surface area contributed by atoms with Crippen molar-refractivity contribution in [1.82, 2.24) is 0 Å². The molecule has 0 aliphatic heterocycles. The Hall–Kier alpha value is -0.626. The Balaban J connectivity index is 4.13. The zero-order valence-corrected chi connectivity index (χ0v) is 12.7. The topological polar surface area (TPSA) is 145 Å². The minimum atomic E-state index is -4.27. The Kier molecular flexibility index (Phi) is 7.58. The van der Waals surface area contributed by atoms with Gasteiger partial charge in [-0.3, -0.25) is 4.79 Å². The lowest BCUT2D eigenvalue weighted by Crippen LogP contribution is -2.52. The smallest absolute Gasteiger partial charge is 0.481 e. The van der Waals surface area contributed by atoms with Crippen LogP contribution in [-0.4, -0.2) is 53.7 Å². The quantitative estimate of drug-likeness (QED) is 0.326. The van der Waals surface area contributed by atoms with E-state index < -0.39 is 23.6 Å². The van der Waals surface area contributed by atoms with Gasteiger partial charge >= 0.3 is 23.6 Å². The molecule has 0 aromatic heterocycles. The number of rotatable bonds is 10. The van der Waals surface area contributed by atoms with Gasteiger partial charge in [-0.1, -0.05) is 0 Å². The third-order valence-electron chi connectivity index (χ3n) is 2.25. The monoisotopic (exact) mass is 312 g/mol. The number of hydrogen-bond acceptors (Lipinski definition) is 7. The fourth-order valence-electron chi connectivity index (χ4n) is 1.40. The van der Waals surface area contributed by atoms with Crippen molar-refractivity contribution in [2.24, 2.45) is 0 Å². The standard InChI is InChI=1S/C9H20O8Si2/c1-8(10)4-2-6-18(13,14)17-19(15,16)7-3-5-9(11)12/h13-16H,2-7H2,1H3,(H,11,12). The minimum Gasteiger partial charge on any atom is -0.481 e. The second-order valence-electron chi connectivity index (χ2n) is 4.39. The number of carbonyl (C=O) groups is 2. The highest BCUT2D eigenvalue weighted by Crippen LogP contribution is 2.17. The molecular weight excluding hydrogens is 292 g/mol. The van der Waals surface area contributed by atoms with Crippen molar-refractivity contribution in [3.63, 3.8) is 0 Å². The summed E-state index contributed by atoms with van der Waals surface area (Å²) in [6, 6.07) is -0.525. The van der Waals surface area contributed by atoms with Crippen molar-refractivity contribution >= 4 is 29.4 Å². The van der Waals surface area contributed by atoms with E-state index in [1.165, 1.54) is 6.92 Å². The Morgan fingerprint density at radius 2 is 1.37 bits per heavy atom. The number of carboxylic acids is 1. The first-order chi connectivity index (χ1) is 8.54. The van der Waals surface area contributed by atoms with Gasteiger partial charge in [0.1, 0.15) is 5.78 Å². The maximum atomic E-state index is 10.7. The summed E-state index contributed by atoms with van der Waals surface area (Å²) in [6.45, 7) is 1.36. The second-order valence-corrected chi connectivity index (χ2v) is 9.18. The van der Waals surface area contributed by atoms with E-state index in [0.717, 1.165) is 0 Å². The van der Waals surface area contributed by atoms with E-state index in [0.29, 0.717) is 0 Å². The molecular formula is C9H20O8Si2. The second kappa shape index (κ2) is 7.84. The van der Waals surface area contributed by atoms with E-state index in [-0.39, 0.29) is 43.6 Å². The predicted octanol–water partition coefficient (Wildman–Crippen LogP) is -0.916. The molecule has 0 aliphatic carbocycles. The molecule has 5 N–H and O–H groups in total. The van der Waals surface area contributed by atoms with Crippen LogP contribution < -0.4 is 0 Å². The molecule has 0 unspecified atom stereocenters. The van der Waals surface area contributed by atoms with Crippen LogP contribution in [0.15, 0.2) is 0 Å². The van der Waals surface area contributed by atoms with Crippen molar-refractivity contribution in [3.8, 4) is 0 Å². The molecule has 0 heterocycles. The van der Waals surface area contributed by atoms with Crippen LogP contribution in [0.3, 0.4) is 0 Å². The van der Waals surface area contributed by atoms with E-state index in [9.17, 15) is 28.8 Å². The van der Waals surface area contributed by atoms with Crippen LogP contribution in [-0.2, 0) is 13.7 Å². The Morgan fingerprint density at radius 3 is 1.74 bits per heavy atom. The average Bonchev–Trinajstić information content (AvgIpc) is 2.12. The van der Waals surface area contributed by atoms with E-state index in [2.05, 4.69) is 4.12 Å². The Morgan fingerprint density at radius 1 is 0.947 bits per heavy atom. The molecule has 0 aliphatic rings. The molecule has 8 nitrogen and oxygen atoms in total. The third-order valence-corrected chi connectivity index (χ3v) is 6.88. The van der Waals surface area contributed by atoms with Crippen LogP contribution in [0.4, 0.5) is 0 Å². The number of ketones is 1. The summed E-state index contributed by atoms with van der Waals surface area (Å²) in [7, 11) is -8.49. The highest BCUT2D eigenvalue weighted by atomic mass is 28.5. The zero-order chi connectivity index (χ0) is 15.1. The van der Waals surface area contributed by atoms with Gasteiger partial charge in [-0.15, -0.1) is 0 Å². The molecule has 0 bridgehead atoms. The molecule has 10 heteroatoms. The van der Waals surface area contributed by atoms with Gasteiger partial charge in [0.25, 0.3) is 0 Å². The molecule has 0 saturated carbocycles. The maximum absolute atomic E-state index is 10.7. The largest absolute Gasteiger partial charge is 0.488 e. The molecule has 0 radical (unpaired) electrons. The lowest BCUT2D eigenvalue weighted by molar-refractivity contribution is -0.137. The zero-order valence-electron chi connectivity index (χ0n) is 10.7. The Labute approximate surface area is 113 Å². The van der Waals surface area contributed by atoms with Gasteiger partial charge in [-0.25, -0.2) is 0 Å². The van der Waals surface area contributed by atoms with Gasteiger partial charge < -0.3 is 33.2 Å². The molecule has 0 aromatic carbocycles. The van der Waals surface area contributed by atoms with Crippen molar-refractivity contribution in [2.75, 3.05) is 0 Å². The molecule has 0 saturated heterocycles. The highest BCUT2D eigenvalue weighted by Gasteiger charge is 2.44. The van der Waals surface area contributed by atoms with Gasteiger partial charge in [0, 0.05) is 24.9 Å². The molecule has 0 aromatic rings. The molecule has 19 heavy (non-hydrogen) atoms. The first-order valence-corrected chi connectivity index (χ1v) is 9.87. The number of carboxylic acid groups (broad SMARTS) is 1. The van der Waals surface area contributed by atoms with Gasteiger partial charge in [0.2, 0.25) is 0 Å². The molecule has 0 spiro atoms. The van der Waals surface area contributed by atoms with Crippen LogP contribution >= 0.6 is 0 Å². The summed E-state index contributed by atoms with van der Waals surface area (Å²) in [6.07, 6.45) is 0.0687. The summed E-state index contributed by atoms with van der Waals surface area (Å²) < 4.78 is 4.58. The van der Waals surface area contributed by atoms with Gasteiger partial charge in [0.15, 0.2) is 0 Å². The first kappa shape index (κ1) is 18.4. The van der Waals surface area contributed by atoms with Crippen molar-refractivity contribution in [3.05, 3.63) is 0 Å². The molecule has 0 fully saturated rings. The fourth-order valence-corrected chi connectivity index (χ4v) is 5.59. The number of hydrogen-bond donors (Lipinski definition) is 5. The van der Waals surface area contributed by atoms with Crippen LogP contribution in [0.25, 0.3) is 0 Å². The average molecular weight is 312 g/mol. The van der Waals surface area contributed by atoms with E-state index >= 15 is 0 Å². The fraction of sp³-hybridized carbons (Fsp3) is 0.778. The minimum absolute atomic E-state index is 0.0213. The highest BCUT2D eigenvalue weighted by molar-refractivity contribution is 6.72. The SMILES string of the molecule is CC(=O)CCC[Si](O)(O)O[Si](O)(O)CCCC(=O)O. The summed E-state index contributed by atoms with van der Waals surface area (Å²) in [5, 5.41) is 8.40. The van der Waals surface area contributed by atoms with Gasteiger partial charge in [-0.2, -0.15) is 0 Å². The lowest BCUT2D eigenvalue weighted by Gasteiger charge is -2.25. The summed E-state index contributed by atoms with van der Waals surface area (Å²) in [4.78, 5) is 59.0. The van der Waals surface area contributed by atoms with Crippen LogP contribution in [0, 0.1) is 0 Å². The van der Waals surface area contributed by atoms with Crippen molar-refractivity contribution in [1.29, 1.82) is 0 Å². The summed E-state index contributed by atoms with van der Waals surface area (Å²) in [5.41, 5.74) is 0. The van der Waals surface area contributed by atoms with E-state index in [1.807, 2.05) is 0 Å². The molecule has 0 amide bonds. The third kappa shape index (κ3) is 10.9.